The van der Waals surface area contributed by atoms with Crippen LogP contribution >= 0.6 is 11.8 Å². The Morgan fingerprint density at radius 1 is 1.24 bits per heavy atom. The highest BCUT2D eigenvalue weighted by Crippen LogP contribution is 2.28. The number of likely N-dealkylation sites (tertiary alicyclic amines) is 1. The van der Waals surface area contributed by atoms with Crippen LogP contribution in [0, 0.1) is 0 Å². The lowest BCUT2D eigenvalue weighted by Gasteiger charge is -2.22. The van der Waals surface area contributed by atoms with Crippen molar-refractivity contribution in [1.29, 1.82) is 0 Å². The topological polar surface area (TPSA) is 46.0 Å². The lowest BCUT2D eigenvalue weighted by atomic mass is 9.97. The van der Waals surface area contributed by atoms with Crippen LogP contribution in [0.2, 0.25) is 0 Å². The summed E-state index contributed by atoms with van der Waals surface area (Å²) >= 11 is 1.88. The molecular weight excluding hydrogens is 282 g/mol. The first-order chi connectivity index (χ1) is 10.3. The van der Waals surface area contributed by atoms with Crippen LogP contribution in [0.15, 0.2) is 5.16 Å². The average Bonchev–Trinajstić information content (AvgIpc) is 3.12. The van der Waals surface area contributed by atoms with Gasteiger partial charge in [0.2, 0.25) is 0 Å². The van der Waals surface area contributed by atoms with Crippen molar-refractivity contribution in [3.05, 3.63) is 5.82 Å². The first-order valence-electron chi connectivity index (χ1n) is 8.26. The quantitative estimate of drug-likeness (QED) is 0.841. The predicted octanol–water partition coefficient (Wildman–Crippen LogP) is 1.86. The zero-order chi connectivity index (χ0) is 14.7. The summed E-state index contributed by atoms with van der Waals surface area (Å²) in [7, 11) is 2.13. The maximum Gasteiger partial charge on any atom is 0.191 e. The Morgan fingerprint density at radius 2 is 2.05 bits per heavy atom. The molecule has 0 aromatic carbocycles. The molecule has 2 aliphatic rings. The Labute approximate surface area is 131 Å². The highest BCUT2D eigenvalue weighted by Gasteiger charge is 2.25. The van der Waals surface area contributed by atoms with Gasteiger partial charge in [-0.05, 0) is 51.9 Å². The average molecular weight is 309 g/mol. The number of aromatic nitrogens is 3. The van der Waals surface area contributed by atoms with Crippen LogP contribution in [0.25, 0.3) is 0 Å². The van der Waals surface area contributed by atoms with Crippen molar-refractivity contribution in [3.8, 4) is 0 Å². The first kappa shape index (κ1) is 15.3. The van der Waals surface area contributed by atoms with Crippen molar-refractivity contribution >= 4 is 11.8 Å². The van der Waals surface area contributed by atoms with Crippen LogP contribution in [0.5, 0.6) is 0 Å². The highest BCUT2D eigenvalue weighted by atomic mass is 32.2. The van der Waals surface area contributed by atoms with Crippen LogP contribution in [0.4, 0.5) is 0 Å². The Bertz CT molecular complexity index is 455. The van der Waals surface area contributed by atoms with Gasteiger partial charge < -0.3 is 9.88 Å². The van der Waals surface area contributed by atoms with Crippen molar-refractivity contribution < 1.29 is 0 Å². The Balaban J connectivity index is 1.60. The fraction of sp³-hybridized carbons (Fsp3) is 0.867. The molecule has 2 aliphatic heterocycles. The molecule has 118 valence electrons. The van der Waals surface area contributed by atoms with E-state index < -0.39 is 0 Å². The maximum absolute atomic E-state index is 4.47. The minimum Gasteiger partial charge on any atom is -0.317 e. The monoisotopic (exact) mass is 309 g/mol. The van der Waals surface area contributed by atoms with Gasteiger partial charge in [-0.15, -0.1) is 10.2 Å². The molecule has 3 rings (SSSR count). The minimum absolute atomic E-state index is 0.580. The van der Waals surface area contributed by atoms with Crippen LogP contribution < -0.4 is 5.32 Å². The number of rotatable bonds is 5. The second-order valence-electron chi connectivity index (χ2n) is 6.16. The van der Waals surface area contributed by atoms with Gasteiger partial charge in [-0.1, -0.05) is 18.7 Å². The van der Waals surface area contributed by atoms with Gasteiger partial charge in [0.05, 0.1) is 0 Å². The summed E-state index contributed by atoms with van der Waals surface area (Å²) in [6.45, 7) is 6.91. The van der Waals surface area contributed by atoms with Crippen molar-refractivity contribution in [3.63, 3.8) is 0 Å². The van der Waals surface area contributed by atoms with Crippen LogP contribution in [0.3, 0.4) is 0 Å². The number of thioether (sulfide) groups is 1. The minimum atomic E-state index is 0.580. The molecule has 1 atom stereocenters. The van der Waals surface area contributed by atoms with E-state index in [2.05, 4.69) is 39.0 Å². The van der Waals surface area contributed by atoms with E-state index in [1.54, 1.807) is 0 Å². The molecule has 0 aliphatic carbocycles. The first-order valence-corrected chi connectivity index (χ1v) is 9.25. The van der Waals surface area contributed by atoms with Crippen molar-refractivity contribution in [2.75, 3.05) is 31.9 Å². The maximum atomic E-state index is 4.47. The zero-order valence-corrected chi connectivity index (χ0v) is 14.0. The van der Waals surface area contributed by atoms with Gasteiger partial charge in [0.15, 0.2) is 5.16 Å². The molecule has 6 heteroatoms. The molecule has 1 aromatic rings. The normalized spacial score (nSPS) is 24.8. The Kier molecular flexibility index (Phi) is 5.19. The van der Waals surface area contributed by atoms with Crippen molar-refractivity contribution in [2.24, 2.45) is 7.05 Å². The fourth-order valence-electron chi connectivity index (χ4n) is 3.56. The number of nitrogens with one attached hydrogen (secondary N) is 1. The van der Waals surface area contributed by atoms with E-state index in [0.717, 1.165) is 30.0 Å². The van der Waals surface area contributed by atoms with Gasteiger partial charge in [0, 0.05) is 24.8 Å². The number of hydrogen-bond donors (Lipinski definition) is 1. The lowest BCUT2D eigenvalue weighted by Crippen LogP contribution is -2.31. The summed E-state index contributed by atoms with van der Waals surface area (Å²) in [6.07, 6.45) is 5.05. The zero-order valence-electron chi connectivity index (χ0n) is 13.2. The van der Waals surface area contributed by atoms with Gasteiger partial charge >= 0.3 is 0 Å². The smallest absolute Gasteiger partial charge is 0.191 e. The molecule has 1 unspecified atom stereocenters. The SMILES string of the molecule is CCN1CCCC1CSc1nnc(C2CCNCC2)n1C. The third kappa shape index (κ3) is 3.43. The van der Waals surface area contributed by atoms with Gasteiger partial charge in [-0.2, -0.15) is 0 Å². The molecule has 1 aromatic heterocycles. The molecule has 0 amide bonds. The van der Waals surface area contributed by atoms with E-state index in [0.29, 0.717) is 5.92 Å². The van der Waals surface area contributed by atoms with Crippen molar-refractivity contribution in [1.82, 2.24) is 25.0 Å². The number of piperidine rings is 1. The standard InChI is InChI=1S/C15H27N5S/c1-3-20-10-4-5-13(20)11-21-15-18-17-14(19(15)2)12-6-8-16-9-7-12/h12-13,16H,3-11H2,1-2H3. The van der Waals surface area contributed by atoms with E-state index in [1.165, 1.54) is 44.6 Å². The third-order valence-electron chi connectivity index (χ3n) is 4.88. The molecule has 0 bridgehead atoms. The molecule has 3 heterocycles. The van der Waals surface area contributed by atoms with E-state index in [4.69, 9.17) is 0 Å². The highest BCUT2D eigenvalue weighted by molar-refractivity contribution is 7.99. The van der Waals surface area contributed by atoms with E-state index in [1.807, 2.05) is 11.8 Å². The summed E-state index contributed by atoms with van der Waals surface area (Å²) < 4.78 is 2.23. The summed E-state index contributed by atoms with van der Waals surface area (Å²) in [6, 6.07) is 0.721. The van der Waals surface area contributed by atoms with Crippen LogP contribution in [0.1, 0.15) is 44.3 Å². The van der Waals surface area contributed by atoms with Gasteiger partial charge in [-0.25, -0.2) is 0 Å². The lowest BCUT2D eigenvalue weighted by molar-refractivity contribution is 0.287. The molecule has 0 saturated carbocycles. The molecule has 0 radical (unpaired) electrons. The van der Waals surface area contributed by atoms with Crippen LogP contribution in [-0.4, -0.2) is 57.6 Å². The molecule has 21 heavy (non-hydrogen) atoms. The fourth-order valence-corrected chi connectivity index (χ4v) is 4.66. The third-order valence-corrected chi connectivity index (χ3v) is 6.05. The number of nitrogens with zero attached hydrogens (tertiary/aromatic N) is 4. The molecule has 2 saturated heterocycles. The van der Waals surface area contributed by atoms with E-state index in [9.17, 15) is 0 Å². The van der Waals surface area contributed by atoms with E-state index >= 15 is 0 Å². The molecule has 2 fully saturated rings. The molecule has 5 nitrogen and oxygen atoms in total. The molecule has 0 spiro atoms. The Morgan fingerprint density at radius 3 is 2.81 bits per heavy atom. The molecule has 1 N–H and O–H groups in total. The molecular formula is C15H27N5S. The van der Waals surface area contributed by atoms with E-state index in [-0.39, 0.29) is 0 Å². The second-order valence-corrected chi connectivity index (χ2v) is 7.15. The largest absolute Gasteiger partial charge is 0.317 e. The summed E-state index contributed by atoms with van der Waals surface area (Å²) in [5.74, 6) is 2.90. The predicted molar refractivity (Wildman–Crippen MR) is 86.8 cm³/mol. The number of hydrogen-bond acceptors (Lipinski definition) is 5. The van der Waals surface area contributed by atoms with Gasteiger partial charge in [0.25, 0.3) is 0 Å². The summed E-state index contributed by atoms with van der Waals surface area (Å²) in [5.41, 5.74) is 0. The summed E-state index contributed by atoms with van der Waals surface area (Å²) in [4.78, 5) is 2.59. The van der Waals surface area contributed by atoms with Gasteiger partial charge in [0.1, 0.15) is 5.82 Å². The second kappa shape index (κ2) is 7.11. The Hall–Kier alpha value is -0.590. The van der Waals surface area contributed by atoms with Gasteiger partial charge in [-0.3, -0.25) is 4.90 Å². The van der Waals surface area contributed by atoms with Crippen LogP contribution in [-0.2, 0) is 7.05 Å². The van der Waals surface area contributed by atoms with Crippen molar-refractivity contribution in [2.45, 2.75) is 49.7 Å². The summed E-state index contributed by atoms with van der Waals surface area (Å²) in [5, 5.41) is 13.4.